The second kappa shape index (κ2) is 9.36. The van der Waals surface area contributed by atoms with Crippen LogP contribution in [-0.2, 0) is 0 Å². The van der Waals surface area contributed by atoms with Crippen molar-refractivity contribution in [2.75, 3.05) is 19.6 Å². The summed E-state index contributed by atoms with van der Waals surface area (Å²) >= 11 is 0. The molecule has 1 atom stereocenters. The zero-order valence-electron chi connectivity index (χ0n) is 16.9. The van der Waals surface area contributed by atoms with Gasteiger partial charge in [-0.15, -0.1) is 25.6 Å². The molecule has 3 aromatic rings. The van der Waals surface area contributed by atoms with Gasteiger partial charge in [-0.3, -0.25) is 4.79 Å². The van der Waals surface area contributed by atoms with E-state index in [1.807, 2.05) is 0 Å². The van der Waals surface area contributed by atoms with Gasteiger partial charge in [-0.25, -0.2) is 0 Å². The minimum atomic E-state index is -4.78. The summed E-state index contributed by atoms with van der Waals surface area (Å²) in [6, 6.07) is 16.3. The fraction of sp³-hybridized carbons (Fsp3) is 0.261. The van der Waals surface area contributed by atoms with Crippen LogP contribution in [0, 0.1) is 0 Å². The van der Waals surface area contributed by atoms with Gasteiger partial charge in [-0.05, 0) is 53.6 Å². The van der Waals surface area contributed by atoms with E-state index in [9.17, 15) is 23.1 Å². The lowest BCUT2D eigenvalue weighted by Crippen LogP contribution is -2.44. The highest BCUT2D eigenvalue weighted by Gasteiger charge is 2.32. The molecule has 1 fully saturated rings. The number of halogens is 4. The summed E-state index contributed by atoms with van der Waals surface area (Å²) in [7, 11) is 0. The maximum atomic E-state index is 12.7. The van der Waals surface area contributed by atoms with Crippen molar-refractivity contribution in [2.24, 2.45) is 0 Å². The first-order valence-electron chi connectivity index (χ1n) is 9.83. The van der Waals surface area contributed by atoms with E-state index in [0.29, 0.717) is 36.2 Å². The summed E-state index contributed by atoms with van der Waals surface area (Å²) in [4.78, 5) is 12.5. The molecule has 3 N–H and O–H groups in total. The van der Waals surface area contributed by atoms with Crippen LogP contribution in [0.15, 0.2) is 60.7 Å². The highest BCUT2D eigenvalue weighted by molar-refractivity contribution is 5.99. The summed E-state index contributed by atoms with van der Waals surface area (Å²) in [5.41, 5.74) is 0.394. The molecule has 0 radical (unpaired) electrons. The van der Waals surface area contributed by atoms with Crippen LogP contribution in [-0.4, -0.2) is 42.6 Å². The van der Waals surface area contributed by atoms with Gasteiger partial charge in [0.2, 0.25) is 0 Å². The van der Waals surface area contributed by atoms with Crippen molar-refractivity contribution in [2.45, 2.75) is 18.4 Å². The molecule has 0 spiro atoms. The number of benzene rings is 3. The van der Waals surface area contributed by atoms with Gasteiger partial charge in [-0.1, -0.05) is 36.4 Å². The molecule has 3 aromatic carbocycles. The number of nitrogens with one attached hydrogen (secondary N) is 2. The molecule has 1 aliphatic heterocycles. The largest absolute Gasteiger partial charge is 0.573 e. The highest BCUT2D eigenvalue weighted by atomic mass is 35.5. The van der Waals surface area contributed by atoms with Crippen LogP contribution in [0.5, 0.6) is 5.75 Å². The Morgan fingerprint density at radius 3 is 2.53 bits per heavy atom. The van der Waals surface area contributed by atoms with Gasteiger partial charge in [0.15, 0.2) is 0 Å². The molecule has 170 valence electrons. The molecule has 9 heteroatoms. The molecule has 1 aliphatic rings. The summed E-state index contributed by atoms with van der Waals surface area (Å²) in [5.74, 6) is -0.570. The summed E-state index contributed by atoms with van der Waals surface area (Å²) in [6.45, 7) is 1.31. The number of amides is 1. The third kappa shape index (κ3) is 5.51. The second-order valence-corrected chi connectivity index (χ2v) is 7.65. The monoisotopic (exact) mass is 466 g/mol. The van der Waals surface area contributed by atoms with Crippen molar-refractivity contribution in [1.82, 2.24) is 10.6 Å². The van der Waals surface area contributed by atoms with Crippen molar-refractivity contribution >= 4 is 29.1 Å². The quantitative estimate of drug-likeness (QED) is 0.525. The lowest BCUT2D eigenvalue weighted by molar-refractivity contribution is -0.274. The Morgan fingerprint density at radius 2 is 1.81 bits per heavy atom. The van der Waals surface area contributed by atoms with Crippen LogP contribution in [0.4, 0.5) is 13.2 Å². The fourth-order valence-corrected chi connectivity index (χ4v) is 3.70. The minimum Gasteiger partial charge on any atom is -0.405 e. The average Bonchev–Trinajstić information content (AvgIpc) is 3.17. The number of alkyl halides is 3. The predicted molar refractivity (Wildman–Crippen MR) is 118 cm³/mol. The zero-order chi connectivity index (χ0) is 22.1. The van der Waals surface area contributed by atoms with Gasteiger partial charge in [-0.2, -0.15) is 0 Å². The van der Waals surface area contributed by atoms with E-state index < -0.39 is 12.0 Å². The van der Waals surface area contributed by atoms with Gasteiger partial charge < -0.3 is 20.5 Å². The molecule has 1 unspecified atom stereocenters. The SMILES string of the molecule is Cl.O=C(NCC1(O)CCNC1)c1ccc2cc(-c3ccccc3OC(F)(F)F)ccc2c1. The third-order valence-corrected chi connectivity index (χ3v) is 5.33. The lowest BCUT2D eigenvalue weighted by atomic mass is 9.99. The zero-order valence-corrected chi connectivity index (χ0v) is 17.7. The number of fused-ring (bicyclic) bond motifs is 1. The van der Waals surface area contributed by atoms with E-state index in [-0.39, 0.29) is 30.6 Å². The molecule has 0 aromatic heterocycles. The van der Waals surface area contributed by atoms with Crippen molar-refractivity contribution in [1.29, 1.82) is 0 Å². The number of rotatable bonds is 5. The first-order chi connectivity index (χ1) is 14.7. The van der Waals surface area contributed by atoms with Crippen molar-refractivity contribution < 1.29 is 27.8 Å². The molecular formula is C23H22ClF3N2O3. The molecular weight excluding hydrogens is 445 g/mol. The van der Waals surface area contributed by atoms with Crippen LogP contribution < -0.4 is 15.4 Å². The van der Waals surface area contributed by atoms with Gasteiger partial charge >= 0.3 is 6.36 Å². The van der Waals surface area contributed by atoms with E-state index in [2.05, 4.69) is 15.4 Å². The number of ether oxygens (including phenoxy) is 1. The standard InChI is InChI=1S/C23H21F3N2O3.ClH/c24-23(25,26)31-20-4-2-1-3-19(20)17-7-5-16-12-18(8-6-15(16)11-17)21(29)28-14-22(30)9-10-27-13-22;/h1-8,11-12,27,30H,9-10,13-14H2,(H,28,29);1H. The van der Waals surface area contributed by atoms with Crippen LogP contribution in [0.2, 0.25) is 0 Å². The van der Waals surface area contributed by atoms with Crippen LogP contribution in [0.1, 0.15) is 16.8 Å². The Labute approximate surface area is 189 Å². The number of hydrogen-bond acceptors (Lipinski definition) is 4. The molecule has 1 amide bonds. The summed E-state index contributed by atoms with van der Waals surface area (Å²) in [5, 5.41) is 17.7. The van der Waals surface area contributed by atoms with E-state index in [0.717, 1.165) is 10.8 Å². The van der Waals surface area contributed by atoms with Gasteiger partial charge in [0, 0.05) is 24.2 Å². The molecule has 0 aliphatic carbocycles. The fourth-order valence-electron chi connectivity index (χ4n) is 3.70. The average molecular weight is 467 g/mol. The molecule has 32 heavy (non-hydrogen) atoms. The Morgan fingerprint density at radius 1 is 1.09 bits per heavy atom. The molecule has 0 saturated carbocycles. The third-order valence-electron chi connectivity index (χ3n) is 5.33. The highest BCUT2D eigenvalue weighted by Crippen LogP contribution is 2.35. The maximum absolute atomic E-state index is 12.7. The van der Waals surface area contributed by atoms with Crippen LogP contribution in [0.25, 0.3) is 21.9 Å². The van der Waals surface area contributed by atoms with Crippen molar-refractivity contribution in [3.8, 4) is 16.9 Å². The number of para-hydroxylation sites is 1. The normalized spacial score (nSPS) is 18.2. The number of β-amino-alcohol motifs (C(OH)–C–C–N with tert-alkyl or cyclic N) is 1. The first kappa shape index (κ1) is 23.8. The van der Waals surface area contributed by atoms with E-state index in [1.54, 1.807) is 48.5 Å². The molecule has 4 rings (SSSR count). The number of carbonyl (C=O) groups is 1. The van der Waals surface area contributed by atoms with Crippen molar-refractivity contribution in [3.05, 3.63) is 66.2 Å². The summed E-state index contributed by atoms with van der Waals surface area (Å²) in [6.07, 6.45) is -4.20. The Hall–Kier alpha value is -2.81. The smallest absolute Gasteiger partial charge is 0.405 e. The first-order valence-corrected chi connectivity index (χ1v) is 9.83. The maximum Gasteiger partial charge on any atom is 0.573 e. The van der Waals surface area contributed by atoms with E-state index >= 15 is 0 Å². The minimum absolute atomic E-state index is 0. The Bertz CT molecular complexity index is 1120. The second-order valence-electron chi connectivity index (χ2n) is 7.65. The number of carbonyl (C=O) groups excluding carboxylic acids is 1. The van der Waals surface area contributed by atoms with Crippen molar-refractivity contribution in [3.63, 3.8) is 0 Å². The molecule has 5 nitrogen and oxygen atoms in total. The molecule has 1 saturated heterocycles. The topological polar surface area (TPSA) is 70.6 Å². The predicted octanol–water partition coefficient (Wildman–Crippen LogP) is 4.28. The van der Waals surface area contributed by atoms with Gasteiger partial charge in [0.05, 0.1) is 5.60 Å². The number of hydrogen-bond donors (Lipinski definition) is 3. The Balaban J connectivity index is 0.00000289. The lowest BCUT2D eigenvalue weighted by Gasteiger charge is -2.21. The Kier molecular flexibility index (Phi) is 6.97. The molecule has 0 bridgehead atoms. The molecule has 1 heterocycles. The van der Waals surface area contributed by atoms with Gasteiger partial charge in [0.25, 0.3) is 5.91 Å². The van der Waals surface area contributed by atoms with E-state index in [1.165, 1.54) is 12.1 Å². The van der Waals surface area contributed by atoms with Crippen LogP contribution >= 0.6 is 12.4 Å². The van der Waals surface area contributed by atoms with Crippen LogP contribution in [0.3, 0.4) is 0 Å². The van der Waals surface area contributed by atoms with Gasteiger partial charge in [0.1, 0.15) is 5.75 Å². The summed E-state index contributed by atoms with van der Waals surface area (Å²) < 4.78 is 42.3. The number of aliphatic hydroxyl groups is 1. The van der Waals surface area contributed by atoms with E-state index in [4.69, 9.17) is 0 Å².